The fraction of sp³-hybridized carbons (Fsp3) is 0.462. The first-order chi connectivity index (χ1) is 16.7. The largest absolute Gasteiger partial charge is 0.482 e. The van der Waals surface area contributed by atoms with Crippen molar-refractivity contribution in [1.82, 2.24) is 15.2 Å². The van der Waals surface area contributed by atoms with E-state index >= 15 is 0 Å². The van der Waals surface area contributed by atoms with Crippen molar-refractivity contribution in [2.75, 3.05) is 25.4 Å². The van der Waals surface area contributed by atoms with Crippen LogP contribution in [0.25, 0.3) is 5.57 Å². The Morgan fingerprint density at radius 3 is 2.69 bits per heavy atom. The average molecular weight is 522 g/mol. The van der Waals surface area contributed by atoms with Crippen LogP contribution >= 0.6 is 23.2 Å². The lowest BCUT2D eigenvalue weighted by molar-refractivity contribution is 0.195. The molecule has 2 heterocycles. The Morgan fingerprint density at radius 2 is 2.03 bits per heavy atom. The number of hydrogen-bond donors (Lipinski definition) is 3. The smallest absolute Gasteiger partial charge is 0.166 e. The second-order valence-electron chi connectivity index (χ2n) is 9.33. The number of ether oxygens (including phenoxy) is 1. The summed E-state index contributed by atoms with van der Waals surface area (Å²) in [5.74, 6) is 0.622. The summed E-state index contributed by atoms with van der Waals surface area (Å²) in [6.45, 7) is 9.52. The molecule has 0 radical (unpaired) electrons. The van der Waals surface area contributed by atoms with E-state index in [1.54, 1.807) is 19.2 Å². The molecule has 0 unspecified atom stereocenters. The molecule has 6 nitrogen and oxygen atoms in total. The highest BCUT2D eigenvalue weighted by Gasteiger charge is 2.21. The molecule has 0 spiro atoms. The van der Waals surface area contributed by atoms with Gasteiger partial charge in [0.1, 0.15) is 11.9 Å². The van der Waals surface area contributed by atoms with Crippen LogP contribution in [0, 0.1) is 17.1 Å². The molecular formula is C26H34Cl2FN5O. The van der Waals surface area contributed by atoms with Crippen LogP contribution in [-0.4, -0.2) is 41.8 Å². The molecule has 1 atom stereocenters. The fourth-order valence-corrected chi connectivity index (χ4v) is 4.73. The monoisotopic (exact) mass is 521 g/mol. The standard InChI is InChI=1S/C26H34Cl2FN5O/c1-16(2)6-9-34-10-7-20(8-11-34)32-15-19(13-30)18-12-23(26(31)33-14-18)35-17(3)24-21(27)4-5-22(29)25(24)28/h4-5,12-17,20,30,32H,6-11H2,1-3H3,(H2,31,33)/b19-15+,30-13?/t17-/m1/s1. The molecule has 0 aliphatic carbocycles. The quantitative estimate of drug-likeness (QED) is 0.250. The number of pyridine rings is 1. The highest BCUT2D eigenvalue weighted by molar-refractivity contribution is 6.36. The Hall–Kier alpha value is -2.35. The summed E-state index contributed by atoms with van der Waals surface area (Å²) in [5.41, 5.74) is 7.70. The molecule has 1 saturated heterocycles. The number of allylic oxidation sites excluding steroid dienone is 1. The van der Waals surface area contributed by atoms with Gasteiger partial charge in [0.25, 0.3) is 0 Å². The zero-order valence-electron chi connectivity index (χ0n) is 20.5. The number of likely N-dealkylation sites (tertiary alicyclic amines) is 1. The van der Waals surface area contributed by atoms with Crippen molar-refractivity contribution in [3.05, 3.63) is 57.6 Å². The molecule has 9 heteroatoms. The summed E-state index contributed by atoms with van der Waals surface area (Å²) in [7, 11) is 0. The fourth-order valence-electron chi connectivity index (χ4n) is 4.05. The van der Waals surface area contributed by atoms with Crippen LogP contribution in [0.2, 0.25) is 10.0 Å². The van der Waals surface area contributed by atoms with E-state index in [1.807, 2.05) is 6.20 Å². The van der Waals surface area contributed by atoms with Crippen molar-refractivity contribution in [3.8, 4) is 5.75 Å². The van der Waals surface area contributed by atoms with Crippen molar-refractivity contribution in [3.63, 3.8) is 0 Å². The zero-order chi connectivity index (χ0) is 25.5. The molecule has 4 N–H and O–H groups in total. The number of nitrogens with zero attached hydrogens (tertiary/aromatic N) is 2. The first-order valence-electron chi connectivity index (χ1n) is 11.9. The van der Waals surface area contributed by atoms with Crippen molar-refractivity contribution >= 4 is 40.8 Å². The van der Waals surface area contributed by atoms with Crippen LogP contribution in [0.5, 0.6) is 5.75 Å². The Morgan fingerprint density at radius 1 is 1.31 bits per heavy atom. The predicted octanol–water partition coefficient (Wildman–Crippen LogP) is 6.34. The third-order valence-electron chi connectivity index (χ3n) is 6.25. The van der Waals surface area contributed by atoms with E-state index in [9.17, 15) is 4.39 Å². The lowest BCUT2D eigenvalue weighted by Crippen LogP contribution is -2.41. The molecule has 3 rings (SSSR count). The van der Waals surface area contributed by atoms with Crippen molar-refractivity contribution in [1.29, 1.82) is 5.41 Å². The number of rotatable bonds is 10. The number of nitrogens with two attached hydrogens (primary N) is 1. The van der Waals surface area contributed by atoms with E-state index in [0.29, 0.717) is 33.5 Å². The topological polar surface area (TPSA) is 87.3 Å². The van der Waals surface area contributed by atoms with E-state index in [4.69, 9.17) is 39.1 Å². The van der Waals surface area contributed by atoms with Gasteiger partial charge in [-0.15, -0.1) is 0 Å². The molecule has 0 bridgehead atoms. The zero-order valence-corrected chi connectivity index (χ0v) is 22.0. The van der Waals surface area contributed by atoms with Crippen molar-refractivity contribution < 1.29 is 9.13 Å². The minimum atomic E-state index is -0.670. The molecule has 0 saturated carbocycles. The number of hydrogen-bond acceptors (Lipinski definition) is 6. The van der Waals surface area contributed by atoms with Gasteiger partial charge in [0.2, 0.25) is 0 Å². The lowest BCUT2D eigenvalue weighted by atomic mass is 10.0. The molecule has 35 heavy (non-hydrogen) atoms. The summed E-state index contributed by atoms with van der Waals surface area (Å²) in [6, 6.07) is 4.72. The van der Waals surface area contributed by atoms with E-state index in [0.717, 1.165) is 38.4 Å². The molecule has 0 amide bonds. The number of benzene rings is 1. The molecule has 190 valence electrons. The van der Waals surface area contributed by atoms with Gasteiger partial charge >= 0.3 is 0 Å². The van der Waals surface area contributed by atoms with E-state index in [1.165, 1.54) is 24.8 Å². The maximum Gasteiger partial charge on any atom is 0.166 e. The molecule has 1 aromatic carbocycles. The Balaban J connectivity index is 1.68. The lowest BCUT2D eigenvalue weighted by Gasteiger charge is -2.32. The third kappa shape index (κ3) is 7.32. The summed E-state index contributed by atoms with van der Waals surface area (Å²) in [5, 5.41) is 11.6. The second kappa shape index (κ2) is 12.6. The first kappa shape index (κ1) is 27.2. The van der Waals surface area contributed by atoms with Gasteiger partial charge in [0, 0.05) is 59.5 Å². The number of halogens is 3. The maximum atomic E-state index is 14.0. The van der Waals surface area contributed by atoms with Crippen molar-refractivity contribution in [2.24, 2.45) is 5.92 Å². The van der Waals surface area contributed by atoms with Gasteiger partial charge in [-0.3, -0.25) is 0 Å². The highest BCUT2D eigenvalue weighted by atomic mass is 35.5. The van der Waals surface area contributed by atoms with Gasteiger partial charge < -0.3 is 26.1 Å². The van der Waals surface area contributed by atoms with Crippen LogP contribution in [0.15, 0.2) is 30.6 Å². The van der Waals surface area contributed by atoms with Crippen LogP contribution < -0.4 is 15.8 Å². The molecule has 1 fully saturated rings. The average Bonchev–Trinajstić information content (AvgIpc) is 2.83. The number of nitrogens with one attached hydrogen (secondary N) is 2. The summed E-state index contributed by atoms with van der Waals surface area (Å²) in [6.07, 6.45) is 7.38. The van der Waals surface area contributed by atoms with Gasteiger partial charge in [-0.25, -0.2) is 9.37 Å². The van der Waals surface area contributed by atoms with E-state index in [-0.39, 0.29) is 10.8 Å². The number of piperidine rings is 1. The van der Waals surface area contributed by atoms with Crippen molar-refractivity contribution in [2.45, 2.75) is 52.2 Å². The number of anilines is 1. The molecular weight excluding hydrogens is 488 g/mol. The van der Waals surface area contributed by atoms with Crippen LogP contribution in [-0.2, 0) is 0 Å². The second-order valence-corrected chi connectivity index (χ2v) is 10.1. The summed E-state index contributed by atoms with van der Waals surface area (Å²) >= 11 is 12.4. The van der Waals surface area contributed by atoms with Gasteiger partial charge in [-0.1, -0.05) is 37.0 Å². The molecule has 2 aromatic rings. The van der Waals surface area contributed by atoms with Crippen LogP contribution in [0.4, 0.5) is 10.2 Å². The minimum absolute atomic E-state index is 0.0905. The van der Waals surface area contributed by atoms with Crippen LogP contribution in [0.1, 0.15) is 57.3 Å². The number of nitrogen functional groups attached to an aromatic ring is 1. The first-order valence-corrected chi connectivity index (χ1v) is 12.7. The third-order valence-corrected chi connectivity index (χ3v) is 6.96. The minimum Gasteiger partial charge on any atom is -0.482 e. The van der Waals surface area contributed by atoms with E-state index < -0.39 is 11.9 Å². The highest BCUT2D eigenvalue weighted by Crippen LogP contribution is 2.36. The molecule has 1 aliphatic heterocycles. The Bertz CT molecular complexity index is 1050. The van der Waals surface area contributed by atoms with Crippen LogP contribution in [0.3, 0.4) is 0 Å². The Kier molecular flexibility index (Phi) is 9.78. The maximum absolute atomic E-state index is 14.0. The van der Waals surface area contributed by atoms with Gasteiger partial charge in [-0.05, 0) is 56.8 Å². The van der Waals surface area contributed by atoms with Gasteiger partial charge in [0.15, 0.2) is 11.6 Å². The van der Waals surface area contributed by atoms with Gasteiger partial charge in [0.05, 0.1) is 5.02 Å². The summed E-state index contributed by atoms with van der Waals surface area (Å²) in [4.78, 5) is 6.75. The predicted molar refractivity (Wildman–Crippen MR) is 143 cm³/mol. The normalized spacial score (nSPS) is 16.4. The number of aromatic nitrogens is 1. The molecule has 1 aliphatic rings. The van der Waals surface area contributed by atoms with E-state index in [2.05, 4.69) is 29.0 Å². The molecule has 1 aromatic heterocycles. The Labute approximate surface area is 217 Å². The summed E-state index contributed by atoms with van der Waals surface area (Å²) < 4.78 is 19.9. The SMILES string of the molecule is CC(C)CCN1CCC(N/C=C(\C=N)c2cnc(N)c(O[C@H](C)c3c(Cl)ccc(F)c3Cl)c2)CC1. The van der Waals surface area contributed by atoms with Gasteiger partial charge in [-0.2, -0.15) is 0 Å².